The molecular weight excluding hydrogens is 364 g/mol. The first kappa shape index (κ1) is 15.5. The Morgan fingerprint density at radius 2 is 2.10 bits per heavy atom. The highest BCUT2D eigenvalue weighted by Crippen LogP contribution is 2.22. The lowest BCUT2D eigenvalue weighted by atomic mass is 10.2. The molecule has 2 aromatic heterocycles. The van der Waals surface area contributed by atoms with Crippen molar-refractivity contribution in [3.05, 3.63) is 52.4 Å². The standard InChI is InChI=1S/C13H14BrClN2O2S/c1-2-3-9-11(15)16-13(19)17(12(9)18)7-6-8-4-5-10(14)20-8/h4-5H,2-3,6-7H2,1H3,(H,16,19). The Labute approximate surface area is 133 Å². The van der Waals surface area contributed by atoms with Crippen molar-refractivity contribution in [1.29, 1.82) is 0 Å². The van der Waals surface area contributed by atoms with Crippen LogP contribution >= 0.6 is 38.9 Å². The van der Waals surface area contributed by atoms with Gasteiger partial charge in [0.2, 0.25) is 0 Å². The second-order valence-electron chi connectivity index (χ2n) is 4.39. The van der Waals surface area contributed by atoms with Gasteiger partial charge in [0.05, 0.1) is 9.35 Å². The Morgan fingerprint density at radius 1 is 1.35 bits per heavy atom. The van der Waals surface area contributed by atoms with Crippen molar-refractivity contribution in [2.24, 2.45) is 0 Å². The van der Waals surface area contributed by atoms with Gasteiger partial charge in [0.25, 0.3) is 5.56 Å². The van der Waals surface area contributed by atoms with E-state index in [4.69, 9.17) is 11.6 Å². The largest absolute Gasteiger partial charge is 0.329 e. The van der Waals surface area contributed by atoms with Crippen LogP contribution in [0.15, 0.2) is 25.5 Å². The second kappa shape index (κ2) is 6.74. The molecule has 2 aromatic rings. The summed E-state index contributed by atoms with van der Waals surface area (Å²) < 4.78 is 2.27. The fraction of sp³-hybridized carbons (Fsp3) is 0.385. The quantitative estimate of drug-likeness (QED) is 0.814. The number of aryl methyl sites for hydroxylation is 1. The third-order valence-electron chi connectivity index (χ3n) is 2.94. The zero-order chi connectivity index (χ0) is 14.7. The molecule has 2 rings (SSSR count). The summed E-state index contributed by atoms with van der Waals surface area (Å²) in [5.41, 5.74) is -0.243. The van der Waals surface area contributed by atoms with Crippen LogP contribution in [0, 0.1) is 0 Å². The van der Waals surface area contributed by atoms with Crippen molar-refractivity contribution in [3.63, 3.8) is 0 Å². The minimum absolute atomic E-state index is 0.164. The number of rotatable bonds is 5. The molecule has 0 amide bonds. The first-order valence-electron chi connectivity index (χ1n) is 6.28. The van der Waals surface area contributed by atoms with Crippen LogP contribution in [0.3, 0.4) is 0 Å². The molecule has 0 saturated carbocycles. The van der Waals surface area contributed by atoms with Crippen LogP contribution < -0.4 is 11.2 Å². The second-order valence-corrected chi connectivity index (χ2v) is 7.31. The summed E-state index contributed by atoms with van der Waals surface area (Å²) in [5.74, 6) is 0. The maximum absolute atomic E-state index is 12.3. The lowest BCUT2D eigenvalue weighted by Crippen LogP contribution is -2.37. The Hall–Kier alpha value is -0.850. The molecule has 0 spiro atoms. The van der Waals surface area contributed by atoms with E-state index in [1.165, 1.54) is 4.57 Å². The molecular formula is C13H14BrClN2O2S. The van der Waals surface area contributed by atoms with Crippen LogP contribution in [0.2, 0.25) is 5.15 Å². The number of aromatic nitrogens is 2. The van der Waals surface area contributed by atoms with Crippen molar-refractivity contribution in [2.45, 2.75) is 32.7 Å². The summed E-state index contributed by atoms with van der Waals surface area (Å²) in [6.45, 7) is 2.32. The first-order valence-corrected chi connectivity index (χ1v) is 8.27. The number of nitrogens with zero attached hydrogens (tertiary/aromatic N) is 1. The van der Waals surface area contributed by atoms with E-state index in [-0.39, 0.29) is 10.7 Å². The summed E-state index contributed by atoms with van der Waals surface area (Å²) >= 11 is 10.9. The zero-order valence-electron chi connectivity index (χ0n) is 10.9. The molecule has 0 aliphatic rings. The van der Waals surface area contributed by atoms with E-state index in [1.807, 2.05) is 19.1 Å². The van der Waals surface area contributed by atoms with Gasteiger partial charge < -0.3 is 0 Å². The van der Waals surface area contributed by atoms with Crippen molar-refractivity contribution >= 4 is 38.9 Å². The van der Waals surface area contributed by atoms with E-state index in [0.717, 1.165) is 15.1 Å². The molecule has 0 aromatic carbocycles. The third kappa shape index (κ3) is 3.42. The van der Waals surface area contributed by atoms with Gasteiger partial charge in [0.1, 0.15) is 5.15 Å². The number of H-pyrrole nitrogens is 1. The fourth-order valence-corrected chi connectivity index (χ4v) is 3.69. The highest BCUT2D eigenvalue weighted by Gasteiger charge is 2.12. The first-order chi connectivity index (χ1) is 9.52. The summed E-state index contributed by atoms with van der Waals surface area (Å²) in [6, 6.07) is 3.94. The molecule has 1 N–H and O–H groups in total. The Morgan fingerprint density at radius 3 is 2.70 bits per heavy atom. The van der Waals surface area contributed by atoms with Crippen molar-refractivity contribution in [3.8, 4) is 0 Å². The van der Waals surface area contributed by atoms with Gasteiger partial charge >= 0.3 is 5.69 Å². The number of halogens is 2. The molecule has 0 aliphatic carbocycles. The van der Waals surface area contributed by atoms with Crippen LogP contribution in [-0.2, 0) is 19.4 Å². The number of hydrogen-bond donors (Lipinski definition) is 1. The van der Waals surface area contributed by atoms with Crippen LogP contribution in [0.4, 0.5) is 0 Å². The number of thiophene rings is 1. The van der Waals surface area contributed by atoms with E-state index in [9.17, 15) is 9.59 Å². The molecule has 0 radical (unpaired) electrons. The minimum Gasteiger partial charge on any atom is -0.297 e. The number of nitrogens with one attached hydrogen (secondary N) is 1. The van der Waals surface area contributed by atoms with Gasteiger partial charge in [0.15, 0.2) is 0 Å². The fourth-order valence-electron chi connectivity index (χ4n) is 1.96. The summed E-state index contributed by atoms with van der Waals surface area (Å²) in [7, 11) is 0. The normalized spacial score (nSPS) is 10.9. The lowest BCUT2D eigenvalue weighted by molar-refractivity contribution is 0.620. The van der Waals surface area contributed by atoms with Gasteiger partial charge in [-0.1, -0.05) is 24.9 Å². The number of aromatic amines is 1. The Bertz CT molecular complexity index is 720. The highest BCUT2D eigenvalue weighted by atomic mass is 79.9. The molecule has 108 valence electrons. The molecule has 0 fully saturated rings. The maximum atomic E-state index is 12.3. The SMILES string of the molecule is CCCc1c(Cl)[nH]c(=O)n(CCc2ccc(Br)s2)c1=O. The summed E-state index contributed by atoms with van der Waals surface area (Å²) in [6.07, 6.45) is 2.02. The van der Waals surface area contributed by atoms with Gasteiger partial charge in [-0.05, 0) is 34.5 Å². The van der Waals surface area contributed by atoms with Crippen LogP contribution in [0.5, 0.6) is 0 Å². The van der Waals surface area contributed by atoms with Gasteiger partial charge in [-0.3, -0.25) is 14.3 Å². The van der Waals surface area contributed by atoms with Gasteiger partial charge in [-0.2, -0.15) is 0 Å². The van der Waals surface area contributed by atoms with Gasteiger partial charge in [-0.25, -0.2) is 4.79 Å². The molecule has 4 nitrogen and oxygen atoms in total. The van der Waals surface area contributed by atoms with Crippen LogP contribution in [0.25, 0.3) is 0 Å². The molecule has 0 saturated heterocycles. The van der Waals surface area contributed by atoms with E-state index >= 15 is 0 Å². The average Bonchev–Trinajstić information content (AvgIpc) is 2.80. The van der Waals surface area contributed by atoms with E-state index in [1.54, 1.807) is 11.3 Å². The van der Waals surface area contributed by atoms with Crippen LogP contribution in [0.1, 0.15) is 23.8 Å². The Kier molecular flexibility index (Phi) is 5.23. The van der Waals surface area contributed by atoms with Crippen LogP contribution in [-0.4, -0.2) is 9.55 Å². The molecule has 7 heteroatoms. The van der Waals surface area contributed by atoms with E-state index < -0.39 is 5.69 Å². The molecule has 0 bridgehead atoms. The smallest absolute Gasteiger partial charge is 0.297 e. The van der Waals surface area contributed by atoms with E-state index in [2.05, 4.69) is 20.9 Å². The Balaban J connectivity index is 2.29. The maximum Gasteiger partial charge on any atom is 0.329 e. The molecule has 20 heavy (non-hydrogen) atoms. The van der Waals surface area contributed by atoms with Gasteiger partial charge in [-0.15, -0.1) is 11.3 Å². The van der Waals surface area contributed by atoms with Crippen molar-refractivity contribution in [1.82, 2.24) is 9.55 Å². The highest BCUT2D eigenvalue weighted by molar-refractivity contribution is 9.11. The van der Waals surface area contributed by atoms with E-state index in [0.29, 0.717) is 24.9 Å². The lowest BCUT2D eigenvalue weighted by Gasteiger charge is -2.07. The molecule has 0 atom stereocenters. The predicted octanol–water partition coefficient (Wildman–Crippen LogP) is 3.21. The summed E-state index contributed by atoms with van der Waals surface area (Å²) in [5, 5.41) is 0.164. The van der Waals surface area contributed by atoms with Gasteiger partial charge in [0, 0.05) is 17.8 Å². The zero-order valence-corrected chi connectivity index (χ0v) is 14.1. The van der Waals surface area contributed by atoms with Crippen molar-refractivity contribution < 1.29 is 0 Å². The van der Waals surface area contributed by atoms with Crippen molar-refractivity contribution in [2.75, 3.05) is 0 Å². The minimum atomic E-state index is -0.449. The summed E-state index contributed by atoms with van der Waals surface area (Å²) in [4.78, 5) is 27.8. The molecule has 2 heterocycles. The molecule has 0 unspecified atom stereocenters. The predicted molar refractivity (Wildman–Crippen MR) is 86.1 cm³/mol. The average molecular weight is 378 g/mol. The third-order valence-corrected chi connectivity index (χ3v) is 4.95. The monoisotopic (exact) mass is 376 g/mol. The number of hydrogen-bond acceptors (Lipinski definition) is 3. The topological polar surface area (TPSA) is 54.9 Å². The molecule has 0 aliphatic heterocycles.